The number of halogens is 5. The van der Waals surface area contributed by atoms with Crippen LogP contribution in [0.25, 0.3) is 28.6 Å². The first-order valence-corrected chi connectivity index (χ1v) is 11.4. The van der Waals surface area contributed by atoms with Gasteiger partial charge in [0.2, 0.25) is 5.82 Å². The van der Waals surface area contributed by atoms with Gasteiger partial charge in [-0.15, -0.1) is 0 Å². The van der Waals surface area contributed by atoms with E-state index in [4.69, 9.17) is 44.1 Å². The van der Waals surface area contributed by atoms with Crippen molar-refractivity contribution in [3.05, 3.63) is 51.2 Å². The quantitative estimate of drug-likeness (QED) is 0.335. The summed E-state index contributed by atoms with van der Waals surface area (Å²) in [7, 11) is 1.29. The Hall–Kier alpha value is -2.95. The van der Waals surface area contributed by atoms with Crippen molar-refractivity contribution in [2.45, 2.75) is 25.4 Å². The number of imidazole rings is 1. The van der Waals surface area contributed by atoms with Gasteiger partial charge in [-0.25, -0.2) is 4.98 Å². The average molecular weight is 543 g/mol. The Bertz CT molecular complexity index is 1470. The van der Waals surface area contributed by atoms with Crippen LogP contribution in [0.15, 0.2) is 35.1 Å². The Morgan fingerprint density at radius 3 is 2.63 bits per heavy atom. The number of benzene rings is 1. The molecule has 182 valence electrons. The highest BCUT2D eigenvalue weighted by molar-refractivity contribution is 6.36. The molecule has 1 atom stereocenters. The number of piperidine rings is 1. The van der Waals surface area contributed by atoms with E-state index in [9.17, 15) is 13.6 Å². The van der Waals surface area contributed by atoms with Crippen molar-refractivity contribution in [3.8, 4) is 28.7 Å². The number of amides is 1. The lowest BCUT2D eigenvalue weighted by molar-refractivity contribution is -0.169. The van der Waals surface area contributed by atoms with Gasteiger partial charge < -0.3 is 18.6 Å². The van der Waals surface area contributed by atoms with E-state index in [0.29, 0.717) is 21.9 Å². The van der Waals surface area contributed by atoms with E-state index in [-0.39, 0.29) is 34.1 Å². The molecule has 1 saturated heterocycles. The summed E-state index contributed by atoms with van der Waals surface area (Å²) in [5, 5.41) is 4.71. The Labute approximate surface area is 212 Å². The summed E-state index contributed by atoms with van der Waals surface area (Å²) >= 11 is 19.0. The van der Waals surface area contributed by atoms with E-state index in [1.165, 1.54) is 19.2 Å². The largest absolute Gasteiger partial charge is 0.487 e. The molecule has 1 aliphatic rings. The second kappa shape index (κ2) is 8.61. The van der Waals surface area contributed by atoms with E-state index >= 15 is 0 Å². The first-order valence-electron chi connectivity index (χ1n) is 10.3. The molecule has 1 aliphatic heterocycles. The van der Waals surface area contributed by atoms with Crippen LogP contribution in [0.4, 0.5) is 8.78 Å². The van der Waals surface area contributed by atoms with Crippen LogP contribution in [0.5, 0.6) is 5.75 Å². The molecule has 4 heterocycles. The van der Waals surface area contributed by atoms with Gasteiger partial charge in [0.15, 0.2) is 5.65 Å². The first kappa shape index (κ1) is 23.8. The number of hydrogen-bond donors (Lipinski definition) is 0. The number of pyridine rings is 1. The van der Waals surface area contributed by atoms with Crippen LogP contribution in [0.3, 0.4) is 0 Å². The van der Waals surface area contributed by atoms with Gasteiger partial charge in [-0.2, -0.15) is 13.8 Å². The zero-order valence-corrected chi connectivity index (χ0v) is 20.5. The lowest BCUT2D eigenvalue weighted by atomic mass is 10.0. The minimum Gasteiger partial charge on any atom is -0.487 e. The number of carbonyl (C=O) groups is 1. The van der Waals surface area contributed by atoms with Crippen LogP contribution in [0, 0.1) is 6.92 Å². The molecule has 5 rings (SSSR count). The van der Waals surface area contributed by atoms with Gasteiger partial charge >= 0.3 is 5.92 Å². The number of carbonyl (C=O) groups excluding carboxylic acids is 1. The van der Waals surface area contributed by atoms with Crippen molar-refractivity contribution in [2.75, 3.05) is 13.6 Å². The molecule has 4 aromatic rings. The monoisotopic (exact) mass is 541 g/mol. The first-order chi connectivity index (χ1) is 16.5. The second-order valence-corrected chi connectivity index (χ2v) is 9.46. The number of aryl methyl sites for hydroxylation is 1. The lowest BCUT2D eigenvalue weighted by Gasteiger charge is -2.34. The van der Waals surface area contributed by atoms with Crippen LogP contribution in [0.2, 0.25) is 15.1 Å². The Kier molecular flexibility index (Phi) is 5.85. The highest BCUT2D eigenvalue weighted by atomic mass is 35.5. The molecule has 1 fully saturated rings. The van der Waals surface area contributed by atoms with Crippen molar-refractivity contribution in [3.63, 3.8) is 0 Å². The third-order valence-corrected chi connectivity index (χ3v) is 6.35. The molecule has 8 nitrogen and oxygen atoms in total. The molecule has 0 spiro atoms. The highest BCUT2D eigenvalue weighted by Crippen LogP contribution is 2.38. The van der Waals surface area contributed by atoms with Crippen LogP contribution in [-0.4, -0.2) is 56.0 Å². The third-order valence-electron chi connectivity index (χ3n) is 5.47. The predicted octanol–water partition coefficient (Wildman–Crippen LogP) is 5.56. The Morgan fingerprint density at radius 1 is 1.11 bits per heavy atom. The molecule has 1 aromatic carbocycles. The van der Waals surface area contributed by atoms with Crippen molar-refractivity contribution < 1.29 is 22.8 Å². The van der Waals surface area contributed by atoms with E-state index < -0.39 is 24.4 Å². The van der Waals surface area contributed by atoms with E-state index in [2.05, 4.69) is 15.1 Å². The molecule has 3 aromatic heterocycles. The molecular formula is C22H16Cl3F2N5O3. The number of nitrogens with zero attached hydrogens (tertiary/aromatic N) is 5. The molecule has 0 aliphatic carbocycles. The maximum absolute atomic E-state index is 13.9. The predicted molar refractivity (Wildman–Crippen MR) is 125 cm³/mol. The topological polar surface area (TPSA) is 85.8 Å². The fraction of sp³-hybridized carbons (Fsp3) is 0.273. The third kappa shape index (κ3) is 4.41. The number of ether oxygens (including phenoxy) is 1. The smallest absolute Gasteiger partial charge is 0.328 e. The van der Waals surface area contributed by atoms with Gasteiger partial charge in [-0.1, -0.05) is 40.0 Å². The van der Waals surface area contributed by atoms with Gasteiger partial charge in [-0.05, 0) is 24.6 Å². The van der Waals surface area contributed by atoms with Gasteiger partial charge in [-0.3, -0.25) is 4.79 Å². The summed E-state index contributed by atoms with van der Waals surface area (Å²) in [4.78, 5) is 21.3. The molecule has 0 saturated carbocycles. The summed E-state index contributed by atoms with van der Waals surface area (Å²) in [6.45, 7) is 1.90. The molecule has 35 heavy (non-hydrogen) atoms. The summed E-state index contributed by atoms with van der Waals surface area (Å²) in [5.41, 5.74) is 2.25. The van der Waals surface area contributed by atoms with Gasteiger partial charge in [0, 0.05) is 31.1 Å². The summed E-state index contributed by atoms with van der Waals surface area (Å²) < 4.78 is 40.7. The molecule has 0 bridgehead atoms. The van der Waals surface area contributed by atoms with Gasteiger partial charge in [0.25, 0.3) is 11.8 Å². The minimum atomic E-state index is -3.52. The summed E-state index contributed by atoms with van der Waals surface area (Å²) in [6, 6.07) is 4.63. The van der Waals surface area contributed by atoms with Crippen LogP contribution < -0.4 is 4.74 Å². The normalized spacial score (nSPS) is 17.9. The molecule has 13 heteroatoms. The molecule has 0 radical (unpaired) electrons. The molecule has 1 amide bonds. The van der Waals surface area contributed by atoms with Gasteiger partial charge in [0.05, 0.1) is 28.0 Å². The second-order valence-electron chi connectivity index (χ2n) is 8.24. The van der Waals surface area contributed by atoms with E-state index in [1.807, 2.05) is 13.1 Å². The number of likely N-dealkylation sites (tertiary alicyclic amines) is 1. The Balaban J connectivity index is 1.41. The number of likely N-dealkylation sites (N-methyl/N-ethyl adjacent to an activating group) is 1. The van der Waals surface area contributed by atoms with Crippen molar-refractivity contribution in [2.24, 2.45) is 0 Å². The van der Waals surface area contributed by atoms with Crippen molar-refractivity contribution in [1.82, 2.24) is 24.4 Å². The van der Waals surface area contributed by atoms with Crippen LogP contribution >= 0.6 is 34.8 Å². The van der Waals surface area contributed by atoms with Crippen molar-refractivity contribution in [1.29, 1.82) is 0 Å². The van der Waals surface area contributed by atoms with Crippen LogP contribution in [-0.2, 0) is 4.79 Å². The fourth-order valence-electron chi connectivity index (χ4n) is 3.88. The SMILES string of the molecule is Cc1cc(Cl)c2nc(-c3nc(-c4cc(Cl)c(O[C@H]5CN(C)C(=O)C(F)(F)C5)cc4Cl)no3)cn2c1. The summed E-state index contributed by atoms with van der Waals surface area (Å²) in [6.07, 6.45) is 1.84. The minimum absolute atomic E-state index is 0.0130. The molecule has 0 unspecified atom stereocenters. The van der Waals surface area contributed by atoms with E-state index in [0.717, 1.165) is 10.5 Å². The highest BCUT2D eigenvalue weighted by Gasteiger charge is 2.48. The zero-order chi connectivity index (χ0) is 25.1. The number of rotatable bonds is 4. The van der Waals surface area contributed by atoms with Gasteiger partial charge in [0.1, 0.15) is 17.5 Å². The number of alkyl halides is 2. The van der Waals surface area contributed by atoms with E-state index in [1.54, 1.807) is 16.7 Å². The lowest BCUT2D eigenvalue weighted by Crippen LogP contribution is -2.53. The average Bonchev–Trinajstić information content (AvgIpc) is 3.41. The number of hydrogen-bond acceptors (Lipinski definition) is 6. The summed E-state index contributed by atoms with van der Waals surface area (Å²) in [5.74, 6) is -4.38. The molecular weight excluding hydrogens is 527 g/mol. The zero-order valence-electron chi connectivity index (χ0n) is 18.2. The maximum Gasteiger partial charge on any atom is 0.328 e. The number of aromatic nitrogens is 4. The standard InChI is InChI=1S/C22H16Cl3F2N5O3/c1-10-3-15(25)19-28-16(9-32(19)7-10)20-29-18(30-35-20)12-4-14(24)17(5-13(12)23)34-11-6-22(26,27)21(33)31(2)8-11/h3-5,7,9,11H,6,8H2,1-2H3/t11-/m1/s1. The van der Waals surface area contributed by atoms with Crippen molar-refractivity contribution >= 4 is 46.4 Å². The fourth-order valence-corrected chi connectivity index (χ4v) is 4.64. The van der Waals surface area contributed by atoms with Crippen LogP contribution in [0.1, 0.15) is 12.0 Å². The number of fused-ring (bicyclic) bond motifs is 1. The molecule has 0 N–H and O–H groups in total. The maximum atomic E-state index is 13.9. The Morgan fingerprint density at radius 2 is 1.89 bits per heavy atom.